The van der Waals surface area contributed by atoms with Crippen LogP contribution in [-0.2, 0) is 14.8 Å². The molecular weight excluding hydrogens is 518 g/mol. The normalized spacial score (nSPS) is 22.4. The van der Waals surface area contributed by atoms with E-state index in [0.29, 0.717) is 25.4 Å². The average Bonchev–Trinajstić information content (AvgIpc) is 2.90. The van der Waals surface area contributed by atoms with Gasteiger partial charge in [0.15, 0.2) is 0 Å². The molecule has 4 atom stereocenters. The van der Waals surface area contributed by atoms with Gasteiger partial charge in [-0.1, -0.05) is 24.6 Å². The van der Waals surface area contributed by atoms with Crippen LogP contribution in [0, 0.1) is 12.8 Å². The molecule has 0 unspecified atom stereocenters. The van der Waals surface area contributed by atoms with Gasteiger partial charge in [0.05, 0.1) is 35.3 Å². The second kappa shape index (κ2) is 14.1. The van der Waals surface area contributed by atoms with E-state index < -0.39 is 16.1 Å². The van der Waals surface area contributed by atoms with Crippen LogP contribution in [0.3, 0.4) is 0 Å². The number of hydrogen-bond donors (Lipinski definition) is 3. The van der Waals surface area contributed by atoms with Crippen molar-refractivity contribution in [3.05, 3.63) is 53.6 Å². The van der Waals surface area contributed by atoms with Crippen molar-refractivity contribution in [2.45, 2.75) is 70.1 Å². The zero-order chi connectivity index (χ0) is 28.6. The molecule has 2 aromatic rings. The molecule has 0 radical (unpaired) electrons. The maximum Gasteiger partial charge on any atom is 0.261 e. The molecule has 216 valence electrons. The first-order valence-corrected chi connectivity index (χ1v) is 15.1. The molecule has 2 aromatic carbocycles. The van der Waals surface area contributed by atoms with E-state index >= 15 is 0 Å². The fraction of sp³-hybridized carbons (Fsp3) is 0.552. The number of nitrogens with zero attached hydrogens (tertiary/aromatic N) is 1. The number of amides is 1. The predicted molar refractivity (Wildman–Crippen MR) is 153 cm³/mol. The molecule has 0 aromatic heterocycles. The van der Waals surface area contributed by atoms with E-state index in [1.807, 2.05) is 27.8 Å². The van der Waals surface area contributed by atoms with Crippen molar-refractivity contribution in [1.82, 2.24) is 10.2 Å². The minimum absolute atomic E-state index is 0.0233. The lowest BCUT2D eigenvalue weighted by molar-refractivity contribution is -0.000450. The summed E-state index contributed by atoms with van der Waals surface area (Å²) < 4.78 is 41.1. The molecular formula is C29H43N3O6S. The number of sulfonamides is 1. The quantitative estimate of drug-likeness (QED) is 0.471. The monoisotopic (exact) mass is 561 g/mol. The largest absolute Gasteiger partial charge is 0.490 e. The molecule has 39 heavy (non-hydrogen) atoms. The summed E-state index contributed by atoms with van der Waals surface area (Å²) >= 11 is 0. The van der Waals surface area contributed by atoms with Crippen molar-refractivity contribution in [3.63, 3.8) is 0 Å². The maximum absolute atomic E-state index is 14.1. The smallest absolute Gasteiger partial charge is 0.261 e. The number of carbonyl (C=O) groups excluding carboxylic acids is 1. The zero-order valence-electron chi connectivity index (χ0n) is 23.6. The summed E-state index contributed by atoms with van der Waals surface area (Å²) in [6.07, 6.45) is 2.31. The van der Waals surface area contributed by atoms with Gasteiger partial charge in [-0.3, -0.25) is 9.52 Å². The van der Waals surface area contributed by atoms with E-state index in [0.717, 1.165) is 24.8 Å². The molecule has 0 bridgehead atoms. The molecule has 0 saturated heterocycles. The number of aliphatic hydroxyl groups excluding tert-OH is 1. The number of aliphatic hydroxyl groups is 1. The highest BCUT2D eigenvalue weighted by atomic mass is 32.2. The summed E-state index contributed by atoms with van der Waals surface area (Å²) in [5.41, 5.74) is 1.44. The lowest BCUT2D eigenvalue weighted by Gasteiger charge is -2.34. The summed E-state index contributed by atoms with van der Waals surface area (Å²) in [6, 6.07) is 10.8. The number of ether oxygens (including phenoxy) is 2. The van der Waals surface area contributed by atoms with Gasteiger partial charge >= 0.3 is 0 Å². The highest BCUT2D eigenvalue weighted by Gasteiger charge is 2.30. The van der Waals surface area contributed by atoms with E-state index in [2.05, 4.69) is 10.0 Å². The number of anilines is 1. The molecule has 3 rings (SSSR count). The molecule has 0 aliphatic carbocycles. The minimum Gasteiger partial charge on any atom is -0.490 e. The van der Waals surface area contributed by atoms with Gasteiger partial charge in [-0.05, 0) is 77.4 Å². The van der Waals surface area contributed by atoms with Crippen molar-refractivity contribution in [2.24, 2.45) is 5.92 Å². The summed E-state index contributed by atoms with van der Waals surface area (Å²) in [6.45, 7) is 9.04. The highest BCUT2D eigenvalue weighted by molar-refractivity contribution is 7.92. The second-order valence-electron chi connectivity index (χ2n) is 10.5. The van der Waals surface area contributed by atoms with Gasteiger partial charge < -0.3 is 24.8 Å². The van der Waals surface area contributed by atoms with Crippen molar-refractivity contribution < 1.29 is 27.8 Å². The Balaban J connectivity index is 2.02. The van der Waals surface area contributed by atoms with Crippen molar-refractivity contribution >= 4 is 21.6 Å². The standard InChI is InChI=1S/C29H43N3O6S/c1-20-9-12-25(13-10-20)39(35,36)31-24-11-14-27-26(16-24)29(34)32(22(3)19-33)18-21(2)28(17-30-5)37-15-7-6-8-23(4)38-27/h9-14,16,21-23,28,30-31,33H,6-8,15,17-19H2,1-5H3/t21-,22+,23-,28+/m0/s1. The third-order valence-corrected chi connectivity index (χ3v) is 8.44. The van der Waals surface area contributed by atoms with Crippen molar-refractivity contribution in [3.8, 4) is 5.75 Å². The van der Waals surface area contributed by atoms with Crippen molar-refractivity contribution in [2.75, 3.05) is 38.1 Å². The summed E-state index contributed by atoms with van der Waals surface area (Å²) in [5.74, 6) is 0.0146. The Hall–Kier alpha value is -2.66. The van der Waals surface area contributed by atoms with E-state index in [1.165, 1.54) is 6.07 Å². The average molecular weight is 562 g/mol. The molecule has 1 aliphatic rings. The summed E-state index contributed by atoms with van der Waals surface area (Å²) in [4.78, 5) is 15.8. The van der Waals surface area contributed by atoms with Crippen LogP contribution in [0.25, 0.3) is 0 Å². The van der Waals surface area contributed by atoms with Crippen LogP contribution in [0.5, 0.6) is 5.75 Å². The van der Waals surface area contributed by atoms with Gasteiger partial charge in [0.2, 0.25) is 0 Å². The number of benzene rings is 2. The zero-order valence-corrected chi connectivity index (χ0v) is 24.5. The Morgan fingerprint density at radius 1 is 1.13 bits per heavy atom. The van der Waals surface area contributed by atoms with E-state index in [-0.39, 0.29) is 46.8 Å². The number of nitrogens with one attached hydrogen (secondary N) is 2. The molecule has 1 amide bonds. The number of rotatable bonds is 7. The number of likely N-dealkylation sites (N-methyl/N-ethyl adjacent to an activating group) is 1. The van der Waals surface area contributed by atoms with E-state index in [9.17, 15) is 18.3 Å². The van der Waals surface area contributed by atoms with Gasteiger partial charge in [0.25, 0.3) is 15.9 Å². The van der Waals surface area contributed by atoms with Crippen LogP contribution in [0.1, 0.15) is 56.0 Å². The summed E-state index contributed by atoms with van der Waals surface area (Å²) in [7, 11) is -2.00. The Morgan fingerprint density at radius 2 is 1.85 bits per heavy atom. The SMILES string of the molecule is CNC[C@H]1OCCCC[C@H](C)Oc2ccc(NS(=O)(=O)c3ccc(C)cc3)cc2C(=O)N([C@H](C)CO)C[C@@H]1C. The molecule has 3 N–H and O–H groups in total. The van der Waals surface area contributed by atoms with E-state index in [1.54, 1.807) is 48.2 Å². The molecule has 0 saturated carbocycles. The van der Waals surface area contributed by atoms with Crippen LogP contribution in [0.15, 0.2) is 47.4 Å². The highest BCUT2D eigenvalue weighted by Crippen LogP contribution is 2.29. The lowest BCUT2D eigenvalue weighted by atomic mass is 10.0. The van der Waals surface area contributed by atoms with Gasteiger partial charge in [-0.25, -0.2) is 8.42 Å². The first-order valence-electron chi connectivity index (χ1n) is 13.6. The Bertz CT molecular complexity index is 1190. The van der Waals surface area contributed by atoms with Gasteiger partial charge in [0, 0.05) is 31.3 Å². The van der Waals surface area contributed by atoms with Crippen LogP contribution >= 0.6 is 0 Å². The maximum atomic E-state index is 14.1. The van der Waals surface area contributed by atoms with Crippen LogP contribution in [0.2, 0.25) is 0 Å². The molecule has 9 nitrogen and oxygen atoms in total. The van der Waals surface area contributed by atoms with Gasteiger partial charge in [0.1, 0.15) is 5.75 Å². The number of carbonyl (C=O) groups is 1. The topological polar surface area (TPSA) is 117 Å². The van der Waals surface area contributed by atoms with Crippen molar-refractivity contribution in [1.29, 1.82) is 0 Å². The van der Waals surface area contributed by atoms with Crippen LogP contribution in [0.4, 0.5) is 5.69 Å². The van der Waals surface area contributed by atoms with Crippen LogP contribution in [-0.4, -0.2) is 75.9 Å². The number of hydrogen-bond acceptors (Lipinski definition) is 7. The minimum atomic E-state index is -3.87. The Kier molecular flexibility index (Phi) is 11.2. The fourth-order valence-corrected chi connectivity index (χ4v) is 5.66. The van der Waals surface area contributed by atoms with Crippen LogP contribution < -0.4 is 14.8 Å². The third kappa shape index (κ3) is 8.41. The van der Waals surface area contributed by atoms with Gasteiger partial charge in [-0.15, -0.1) is 0 Å². The Labute approximate surface area is 232 Å². The number of aryl methyl sites for hydroxylation is 1. The second-order valence-corrected chi connectivity index (χ2v) is 12.2. The molecule has 0 spiro atoms. The first kappa shape index (κ1) is 30.9. The summed E-state index contributed by atoms with van der Waals surface area (Å²) in [5, 5.41) is 13.2. The number of fused-ring (bicyclic) bond motifs is 1. The lowest BCUT2D eigenvalue weighted by Crippen LogP contribution is -2.47. The predicted octanol–water partition coefficient (Wildman–Crippen LogP) is 3.81. The fourth-order valence-electron chi connectivity index (χ4n) is 4.61. The molecule has 1 heterocycles. The third-order valence-electron chi connectivity index (χ3n) is 7.04. The molecule has 10 heteroatoms. The Morgan fingerprint density at radius 3 is 2.51 bits per heavy atom. The van der Waals surface area contributed by atoms with Gasteiger partial charge in [-0.2, -0.15) is 0 Å². The molecule has 1 aliphatic heterocycles. The molecule has 0 fully saturated rings. The first-order chi connectivity index (χ1) is 18.6. The van der Waals surface area contributed by atoms with E-state index in [4.69, 9.17) is 9.47 Å².